The number of hydrogen-bond acceptors (Lipinski definition) is 6. The van der Waals surface area contributed by atoms with Crippen molar-refractivity contribution >= 4 is 17.9 Å². The first-order valence-corrected chi connectivity index (χ1v) is 30.9. The van der Waals surface area contributed by atoms with Gasteiger partial charge in [-0.1, -0.05) is 317 Å². The summed E-state index contributed by atoms with van der Waals surface area (Å²) in [6, 6.07) is 0. The van der Waals surface area contributed by atoms with Crippen LogP contribution in [0.3, 0.4) is 0 Å². The molecule has 0 spiro atoms. The van der Waals surface area contributed by atoms with Gasteiger partial charge in [0.15, 0.2) is 6.10 Å². The Hall–Kier alpha value is -1.59. The summed E-state index contributed by atoms with van der Waals surface area (Å²) in [6.07, 6.45) is 62.3. The standard InChI is InChI=1S/C62H120O6/c1-5-8-10-12-14-16-18-20-21-22-23-24-25-31-35-39-43-47-51-55-62(65)68-59(56-66-60(63)53-49-45-41-37-33-28-19-17-15-13-11-9-6-2)57-67-61(64)54-50-46-42-38-34-30-27-26-29-32-36-40-44-48-52-58(4)7-3/h58-59H,5-57H2,1-4H3/t58?,59-/m1/s1. The van der Waals surface area contributed by atoms with Crippen LogP contribution >= 0.6 is 0 Å². The highest BCUT2D eigenvalue weighted by atomic mass is 16.6. The van der Waals surface area contributed by atoms with E-state index in [0.29, 0.717) is 19.3 Å². The SMILES string of the molecule is CCCCCCCCCCCCCCCCCCCCCC(=O)O[C@H](COC(=O)CCCCCCCCCCCCCCC)COC(=O)CCCCCCCCCCCCCCCCC(C)CC. The summed E-state index contributed by atoms with van der Waals surface area (Å²) < 4.78 is 16.9. The Labute approximate surface area is 425 Å². The molecule has 0 aliphatic carbocycles. The second kappa shape index (κ2) is 56.3. The van der Waals surface area contributed by atoms with Crippen LogP contribution in [0.1, 0.15) is 355 Å². The summed E-state index contributed by atoms with van der Waals surface area (Å²) in [5, 5.41) is 0. The van der Waals surface area contributed by atoms with Gasteiger partial charge in [-0.05, 0) is 25.2 Å². The maximum Gasteiger partial charge on any atom is 0.306 e. The van der Waals surface area contributed by atoms with E-state index in [1.165, 1.54) is 250 Å². The topological polar surface area (TPSA) is 78.9 Å². The Morgan fingerprint density at radius 1 is 0.294 bits per heavy atom. The third-order valence-electron chi connectivity index (χ3n) is 14.7. The first-order valence-electron chi connectivity index (χ1n) is 30.9. The minimum atomic E-state index is -0.762. The fourth-order valence-corrected chi connectivity index (χ4v) is 9.60. The zero-order valence-electron chi connectivity index (χ0n) is 46.6. The van der Waals surface area contributed by atoms with Crippen LogP contribution in [-0.2, 0) is 28.6 Å². The first-order chi connectivity index (χ1) is 33.4. The number of rotatable bonds is 57. The molecule has 0 rings (SSSR count). The van der Waals surface area contributed by atoms with Gasteiger partial charge in [0.05, 0.1) is 0 Å². The fourth-order valence-electron chi connectivity index (χ4n) is 9.60. The van der Waals surface area contributed by atoms with Crippen molar-refractivity contribution in [2.45, 2.75) is 361 Å². The van der Waals surface area contributed by atoms with Crippen LogP contribution in [-0.4, -0.2) is 37.2 Å². The Kier molecular flexibility index (Phi) is 55.0. The number of ether oxygens (including phenoxy) is 3. The number of carbonyl (C=O) groups excluding carboxylic acids is 3. The molecule has 1 unspecified atom stereocenters. The summed E-state index contributed by atoms with van der Waals surface area (Å²) >= 11 is 0. The second-order valence-corrected chi connectivity index (χ2v) is 21.6. The smallest absolute Gasteiger partial charge is 0.306 e. The summed E-state index contributed by atoms with van der Waals surface area (Å²) in [7, 11) is 0. The maximum atomic E-state index is 12.9. The van der Waals surface area contributed by atoms with Crippen LogP contribution in [0.2, 0.25) is 0 Å². The molecule has 0 fully saturated rings. The Morgan fingerprint density at radius 2 is 0.515 bits per heavy atom. The highest BCUT2D eigenvalue weighted by Crippen LogP contribution is 2.19. The first kappa shape index (κ1) is 66.4. The van der Waals surface area contributed by atoms with Gasteiger partial charge in [0.2, 0.25) is 0 Å². The van der Waals surface area contributed by atoms with E-state index in [4.69, 9.17) is 14.2 Å². The molecular formula is C62H120O6. The van der Waals surface area contributed by atoms with E-state index in [1.807, 2.05) is 0 Å². The van der Waals surface area contributed by atoms with Crippen LogP contribution < -0.4 is 0 Å². The predicted octanol–water partition coefficient (Wildman–Crippen LogP) is 20.6. The lowest BCUT2D eigenvalue weighted by atomic mass is 9.99. The third-order valence-corrected chi connectivity index (χ3v) is 14.7. The van der Waals surface area contributed by atoms with Gasteiger partial charge in [0, 0.05) is 19.3 Å². The summed E-state index contributed by atoms with van der Waals surface area (Å²) in [5.41, 5.74) is 0. The monoisotopic (exact) mass is 961 g/mol. The molecule has 0 amide bonds. The van der Waals surface area contributed by atoms with Crippen molar-refractivity contribution in [3.63, 3.8) is 0 Å². The molecule has 6 nitrogen and oxygen atoms in total. The lowest BCUT2D eigenvalue weighted by molar-refractivity contribution is -0.167. The molecule has 0 radical (unpaired) electrons. The quantitative estimate of drug-likeness (QED) is 0.0343. The number of esters is 3. The molecule has 0 saturated heterocycles. The van der Waals surface area contributed by atoms with Crippen molar-refractivity contribution in [3.8, 4) is 0 Å². The number of hydrogen-bond donors (Lipinski definition) is 0. The van der Waals surface area contributed by atoms with Crippen LogP contribution in [0, 0.1) is 5.92 Å². The van der Waals surface area contributed by atoms with Gasteiger partial charge in [-0.15, -0.1) is 0 Å². The van der Waals surface area contributed by atoms with Crippen molar-refractivity contribution in [1.82, 2.24) is 0 Å². The van der Waals surface area contributed by atoms with E-state index in [9.17, 15) is 14.4 Å². The molecule has 0 aromatic carbocycles. The van der Waals surface area contributed by atoms with Gasteiger partial charge in [0.1, 0.15) is 13.2 Å². The van der Waals surface area contributed by atoms with Gasteiger partial charge in [-0.2, -0.15) is 0 Å². The molecule has 0 N–H and O–H groups in total. The van der Waals surface area contributed by atoms with Gasteiger partial charge < -0.3 is 14.2 Å². The maximum absolute atomic E-state index is 12.9. The summed E-state index contributed by atoms with van der Waals surface area (Å²) in [6.45, 7) is 9.11. The zero-order valence-corrected chi connectivity index (χ0v) is 46.6. The van der Waals surface area contributed by atoms with Crippen LogP contribution in [0.4, 0.5) is 0 Å². The molecule has 2 atom stereocenters. The molecule has 0 aromatic rings. The lowest BCUT2D eigenvalue weighted by Gasteiger charge is -2.18. The van der Waals surface area contributed by atoms with Gasteiger partial charge in [-0.3, -0.25) is 14.4 Å². The Bertz CT molecular complexity index is 1030. The summed E-state index contributed by atoms with van der Waals surface area (Å²) in [5.74, 6) is 0.0652. The molecule has 0 heterocycles. The van der Waals surface area contributed by atoms with E-state index >= 15 is 0 Å². The van der Waals surface area contributed by atoms with Crippen molar-refractivity contribution in [3.05, 3.63) is 0 Å². The Morgan fingerprint density at radius 3 is 0.765 bits per heavy atom. The van der Waals surface area contributed by atoms with Crippen LogP contribution in [0.15, 0.2) is 0 Å². The van der Waals surface area contributed by atoms with E-state index in [2.05, 4.69) is 27.7 Å². The van der Waals surface area contributed by atoms with Gasteiger partial charge >= 0.3 is 17.9 Å². The number of carbonyl (C=O) groups is 3. The largest absolute Gasteiger partial charge is 0.462 e. The van der Waals surface area contributed by atoms with E-state index < -0.39 is 6.10 Å². The molecule has 0 saturated carbocycles. The molecule has 0 bridgehead atoms. The van der Waals surface area contributed by atoms with E-state index in [1.54, 1.807) is 0 Å². The molecular weight excluding hydrogens is 841 g/mol. The minimum absolute atomic E-state index is 0.0615. The average Bonchev–Trinajstić information content (AvgIpc) is 3.34. The summed E-state index contributed by atoms with van der Waals surface area (Å²) in [4.78, 5) is 38.2. The van der Waals surface area contributed by atoms with E-state index in [0.717, 1.165) is 63.7 Å². The molecule has 6 heteroatoms. The van der Waals surface area contributed by atoms with Crippen LogP contribution in [0.5, 0.6) is 0 Å². The molecule has 0 aliphatic rings. The third kappa shape index (κ3) is 53.8. The van der Waals surface area contributed by atoms with Crippen LogP contribution in [0.25, 0.3) is 0 Å². The normalized spacial score (nSPS) is 12.4. The zero-order chi connectivity index (χ0) is 49.5. The van der Waals surface area contributed by atoms with Crippen molar-refractivity contribution in [1.29, 1.82) is 0 Å². The fraction of sp³-hybridized carbons (Fsp3) is 0.952. The minimum Gasteiger partial charge on any atom is -0.462 e. The highest BCUT2D eigenvalue weighted by molar-refractivity contribution is 5.71. The van der Waals surface area contributed by atoms with Gasteiger partial charge in [-0.25, -0.2) is 0 Å². The molecule has 404 valence electrons. The van der Waals surface area contributed by atoms with Crippen molar-refractivity contribution in [2.24, 2.45) is 5.92 Å². The highest BCUT2D eigenvalue weighted by Gasteiger charge is 2.19. The van der Waals surface area contributed by atoms with Crippen molar-refractivity contribution in [2.75, 3.05) is 13.2 Å². The molecule has 0 aliphatic heterocycles. The predicted molar refractivity (Wildman–Crippen MR) is 293 cm³/mol. The van der Waals surface area contributed by atoms with Gasteiger partial charge in [0.25, 0.3) is 0 Å². The average molecular weight is 962 g/mol. The Balaban J connectivity index is 4.27. The van der Waals surface area contributed by atoms with E-state index in [-0.39, 0.29) is 31.1 Å². The molecule has 68 heavy (non-hydrogen) atoms. The lowest BCUT2D eigenvalue weighted by Crippen LogP contribution is -2.30. The van der Waals surface area contributed by atoms with Crippen molar-refractivity contribution < 1.29 is 28.6 Å². The molecule has 0 aromatic heterocycles. The number of unbranched alkanes of at least 4 members (excludes halogenated alkanes) is 43. The second-order valence-electron chi connectivity index (χ2n) is 21.6.